The molecule has 0 atom stereocenters. The van der Waals surface area contributed by atoms with Gasteiger partial charge in [0.2, 0.25) is 0 Å². The van der Waals surface area contributed by atoms with Gasteiger partial charge >= 0.3 is 0 Å². The van der Waals surface area contributed by atoms with E-state index in [1.54, 1.807) is 6.33 Å². The third-order valence-corrected chi connectivity index (χ3v) is 3.73. The summed E-state index contributed by atoms with van der Waals surface area (Å²) < 4.78 is 0. The van der Waals surface area contributed by atoms with Crippen molar-refractivity contribution in [2.45, 2.75) is 13.5 Å². The Morgan fingerprint density at radius 2 is 1.70 bits per heavy atom. The standard InChI is InChI=1S/C19H20N4/c1-15-8-10-16(11-9-15)13-20-18-12-19(22-14-21-18)23(2)17-6-4-3-5-7-17/h3-12,14H,13H2,1-2H3,(H,20,21,22). The van der Waals surface area contributed by atoms with Gasteiger partial charge in [-0.2, -0.15) is 0 Å². The Kier molecular flexibility index (Phi) is 4.52. The molecule has 4 heteroatoms. The Hall–Kier alpha value is -2.88. The van der Waals surface area contributed by atoms with Crippen LogP contribution in [0, 0.1) is 6.92 Å². The minimum Gasteiger partial charge on any atom is -0.366 e. The number of hydrogen-bond donors (Lipinski definition) is 1. The fraction of sp³-hybridized carbons (Fsp3) is 0.158. The highest BCUT2D eigenvalue weighted by atomic mass is 15.2. The molecule has 0 amide bonds. The normalized spacial score (nSPS) is 10.3. The van der Waals surface area contributed by atoms with Gasteiger partial charge in [0.15, 0.2) is 0 Å². The molecule has 0 radical (unpaired) electrons. The van der Waals surface area contributed by atoms with Crippen LogP contribution in [-0.4, -0.2) is 17.0 Å². The fourth-order valence-electron chi connectivity index (χ4n) is 2.31. The summed E-state index contributed by atoms with van der Waals surface area (Å²) in [5.74, 6) is 1.68. The van der Waals surface area contributed by atoms with Crippen LogP contribution in [0.3, 0.4) is 0 Å². The summed E-state index contributed by atoms with van der Waals surface area (Å²) in [6, 6.07) is 20.6. The van der Waals surface area contributed by atoms with E-state index in [1.807, 2.05) is 36.2 Å². The van der Waals surface area contributed by atoms with E-state index in [4.69, 9.17) is 0 Å². The maximum atomic E-state index is 4.36. The van der Waals surface area contributed by atoms with Crippen molar-refractivity contribution in [2.75, 3.05) is 17.3 Å². The minimum atomic E-state index is 0.742. The van der Waals surface area contributed by atoms with Crippen LogP contribution in [0.5, 0.6) is 0 Å². The van der Waals surface area contributed by atoms with Gasteiger partial charge in [-0.1, -0.05) is 48.0 Å². The van der Waals surface area contributed by atoms with Crippen molar-refractivity contribution in [3.05, 3.63) is 78.1 Å². The summed E-state index contributed by atoms with van der Waals surface area (Å²) in [4.78, 5) is 10.7. The van der Waals surface area contributed by atoms with Gasteiger partial charge in [0.05, 0.1) is 0 Å². The van der Waals surface area contributed by atoms with Crippen LogP contribution in [-0.2, 0) is 6.54 Å². The molecule has 0 saturated heterocycles. The fourth-order valence-corrected chi connectivity index (χ4v) is 2.31. The SMILES string of the molecule is Cc1ccc(CNc2cc(N(C)c3ccccc3)ncn2)cc1. The largest absolute Gasteiger partial charge is 0.366 e. The van der Waals surface area contributed by atoms with Crippen molar-refractivity contribution < 1.29 is 0 Å². The van der Waals surface area contributed by atoms with Gasteiger partial charge in [0.25, 0.3) is 0 Å². The third-order valence-electron chi connectivity index (χ3n) is 3.73. The van der Waals surface area contributed by atoms with Crippen molar-refractivity contribution in [3.8, 4) is 0 Å². The zero-order valence-corrected chi connectivity index (χ0v) is 13.4. The molecule has 4 nitrogen and oxygen atoms in total. The van der Waals surface area contributed by atoms with Crippen LogP contribution in [0.2, 0.25) is 0 Å². The Morgan fingerprint density at radius 3 is 2.43 bits per heavy atom. The molecule has 0 aliphatic rings. The highest BCUT2D eigenvalue weighted by Crippen LogP contribution is 2.22. The van der Waals surface area contributed by atoms with Gasteiger partial charge in [-0.3, -0.25) is 0 Å². The van der Waals surface area contributed by atoms with Gasteiger partial charge in [0, 0.05) is 25.3 Å². The molecule has 0 unspecified atom stereocenters. The molecule has 0 fully saturated rings. The summed E-state index contributed by atoms with van der Waals surface area (Å²) in [6.45, 7) is 2.83. The van der Waals surface area contributed by atoms with Crippen LogP contribution in [0.4, 0.5) is 17.3 Å². The molecule has 1 aromatic heterocycles. The third kappa shape index (κ3) is 3.86. The number of nitrogens with one attached hydrogen (secondary N) is 1. The first-order valence-electron chi connectivity index (χ1n) is 7.62. The summed E-state index contributed by atoms with van der Waals surface area (Å²) in [5, 5.41) is 3.35. The molecule has 23 heavy (non-hydrogen) atoms. The van der Waals surface area contributed by atoms with Crippen molar-refractivity contribution in [2.24, 2.45) is 0 Å². The summed E-state index contributed by atoms with van der Waals surface area (Å²) >= 11 is 0. The van der Waals surface area contributed by atoms with Gasteiger partial charge in [-0.05, 0) is 24.6 Å². The number of anilines is 3. The van der Waals surface area contributed by atoms with E-state index in [0.717, 1.165) is 23.9 Å². The molecule has 1 heterocycles. The number of nitrogens with zero attached hydrogens (tertiary/aromatic N) is 3. The zero-order chi connectivity index (χ0) is 16.1. The molecule has 0 aliphatic heterocycles. The first-order valence-corrected chi connectivity index (χ1v) is 7.62. The van der Waals surface area contributed by atoms with E-state index in [1.165, 1.54) is 11.1 Å². The summed E-state index contributed by atoms with van der Waals surface area (Å²) in [6.07, 6.45) is 1.59. The Morgan fingerprint density at radius 1 is 0.957 bits per heavy atom. The Balaban J connectivity index is 1.71. The molecule has 1 N–H and O–H groups in total. The molecule has 3 rings (SSSR count). The second-order valence-electron chi connectivity index (χ2n) is 5.50. The van der Waals surface area contributed by atoms with E-state index >= 15 is 0 Å². The summed E-state index contributed by atoms with van der Waals surface area (Å²) in [5.41, 5.74) is 3.59. The van der Waals surface area contributed by atoms with Crippen molar-refractivity contribution in [1.29, 1.82) is 0 Å². The number of aryl methyl sites for hydroxylation is 1. The van der Waals surface area contributed by atoms with Gasteiger partial charge in [-0.15, -0.1) is 0 Å². The predicted octanol–water partition coefficient (Wildman–Crippen LogP) is 4.17. The maximum Gasteiger partial charge on any atom is 0.138 e. The molecule has 2 aromatic carbocycles. The Bertz CT molecular complexity index is 754. The monoisotopic (exact) mass is 304 g/mol. The second-order valence-corrected chi connectivity index (χ2v) is 5.50. The first-order chi connectivity index (χ1) is 11.2. The minimum absolute atomic E-state index is 0.742. The van der Waals surface area contributed by atoms with Crippen LogP contribution in [0.15, 0.2) is 67.0 Å². The number of benzene rings is 2. The maximum absolute atomic E-state index is 4.36. The molecule has 0 aliphatic carbocycles. The number of para-hydroxylation sites is 1. The van der Waals surface area contributed by atoms with Crippen molar-refractivity contribution in [1.82, 2.24) is 9.97 Å². The van der Waals surface area contributed by atoms with Gasteiger partial charge in [0.1, 0.15) is 18.0 Å². The van der Waals surface area contributed by atoms with E-state index in [0.29, 0.717) is 0 Å². The number of hydrogen-bond acceptors (Lipinski definition) is 4. The molecule has 0 saturated carbocycles. The second kappa shape index (κ2) is 6.92. The molecule has 3 aromatic rings. The quantitative estimate of drug-likeness (QED) is 0.768. The van der Waals surface area contributed by atoms with Gasteiger partial charge in [-0.25, -0.2) is 9.97 Å². The molecule has 0 bridgehead atoms. The van der Waals surface area contributed by atoms with E-state index in [9.17, 15) is 0 Å². The van der Waals surface area contributed by atoms with E-state index in [-0.39, 0.29) is 0 Å². The zero-order valence-electron chi connectivity index (χ0n) is 13.4. The van der Waals surface area contributed by atoms with E-state index in [2.05, 4.69) is 58.6 Å². The summed E-state index contributed by atoms with van der Waals surface area (Å²) in [7, 11) is 2.00. The van der Waals surface area contributed by atoms with Gasteiger partial charge < -0.3 is 10.2 Å². The lowest BCUT2D eigenvalue weighted by Gasteiger charge is -2.18. The average Bonchev–Trinajstić information content (AvgIpc) is 2.61. The molecular formula is C19H20N4. The number of aromatic nitrogens is 2. The van der Waals surface area contributed by atoms with Crippen LogP contribution >= 0.6 is 0 Å². The predicted molar refractivity (Wildman–Crippen MR) is 95.0 cm³/mol. The Labute approximate surface area is 136 Å². The van der Waals surface area contributed by atoms with Crippen LogP contribution in [0.25, 0.3) is 0 Å². The smallest absolute Gasteiger partial charge is 0.138 e. The lowest BCUT2D eigenvalue weighted by molar-refractivity contribution is 1.05. The lowest BCUT2D eigenvalue weighted by atomic mass is 10.1. The molecule has 0 spiro atoms. The van der Waals surface area contributed by atoms with Crippen molar-refractivity contribution in [3.63, 3.8) is 0 Å². The first kappa shape index (κ1) is 15.0. The highest BCUT2D eigenvalue weighted by molar-refractivity contribution is 5.61. The number of rotatable bonds is 5. The lowest BCUT2D eigenvalue weighted by Crippen LogP contribution is -2.12. The molecule has 116 valence electrons. The van der Waals surface area contributed by atoms with Crippen LogP contribution in [0.1, 0.15) is 11.1 Å². The van der Waals surface area contributed by atoms with Crippen LogP contribution < -0.4 is 10.2 Å². The van der Waals surface area contributed by atoms with Crippen molar-refractivity contribution >= 4 is 17.3 Å². The molecular weight excluding hydrogens is 284 g/mol. The highest BCUT2D eigenvalue weighted by Gasteiger charge is 2.06. The topological polar surface area (TPSA) is 41.0 Å². The van der Waals surface area contributed by atoms with E-state index < -0.39 is 0 Å². The average molecular weight is 304 g/mol.